The highest BCUT2D eigenvalue weighted by Gasteiger charge is 2.22. The molecule has 0 bridgehead atoms. The minimum Gasteiger partial charge on any atom is -0.315 e. The average Bonchev–Trinajstić information content (AvgIpc) is 2.88. The zero-order valence-corrected chi connectivity index (χ0v) is 14.9. The van der Waals surface area contributed by atoms with Crippen LogP contribution in [0.1, 0.15) is 27.9 Å². The number of nitrogens with zero attached hydrogens (tertiary/aromatic N) is 1. The van der Waals surface area contributed by atoms with Crippen molar-refractivity contribution >= 4 is 54.8 Å². The van der Waals surface area contributed by atoms with E-state index in [-0.39, 0.29) is 10.7 Å². The van der Waals surface area contributed by atoms with Gasteiger partial charge in [-0.05, 0) is 56.6 Å². The zero-order chi connectivity index (χ0) is 14.3. The van der Waals surface area contributed by atoms with Gasteiger partial charge < -0.3 is 4.90 Å². The molecular weight excluding hydrogens is 402 g/mol. The standard InChI is InChI=1S/C15H13Br2NOS/c1-18-12-4-2-10(6-9(12)3-5-14(18)19)15(17)11-7-13(16)20-8-11/h2,4,6-8,15H,3,5H2,1H3. The number of aryl methyl sites for hydroxylation is 1. The molecule has 0 aliphatic carbocycles. The lowest BCUT2D eigenvalue weighted by Gasteiger charge is -2.26. The summed E-state index contributed by atoms with van der Waals surface area (Å²) < 4.78 is 1.14. The first-order valence-electron chi connectivity index (χ1n) is 6.33. The molecule has 20 heavy (non-hydrogen) atoms. The van der Waals surface area contributed by atoms with Crippen LogP contribution in [0.15, 0.2) is 33.4 Å². The molecule has 2 aromatic rings. The van der Waals surface area contributed by atoms with Crippen LogP contribution in [-0.2, 0) is 11.2 Å². The monoisotopic (exact) mass is 413 g/mol. The van der Waals surface area contributed by atoms with Gasteiger partial charge in [-0.3, -0.25) is 4.79 Å². The average molecular weight is 415 g/mol. The van der Waals surface area contributed by atoms with Gasteiger partial charge in [-0.15, -0.1) is 11.3 Å². The molecule has 104 valence electrons. The number of amides is 1. The topological polar surface area (TPSA) is 20.3 Å². The third kappa shape index (κ3) is 2.59. The number of thiophene rings is 1. The Morgan fingerprint density at radius 2 is 2.05 bits per heavy atom. The van der Waals surface area contributed by atoms with Gasteiger partial charge >= 0.3 is 0 Å². The molecule has 1 atom stereocenters. The summed E-state index contributed by atoms with van der Waals surface area (Å²) in [6.07, 6.45) is 1.43. The Bertz CT molecular complexity index is 668. The SMILES string of the molecule is CN1C(=O)CCc2cc(C(Br)c3csc(Br)c3)ccc21. The molecule has 0 spiro atoms. The van der Waals surface area contributed by atoms with Crippen LogP contribution in [-0.4, -0.2) is 13.0 Å². The second-order valence-electron chi connectivity index (χ2n) is 4.89. The van der Waals surface area contributed by atoms with Gasteiger partial charge in [0.25, 0.3) is 0 Å². The molecule has 1 amide bonds. The van der Waals surface area contributed by atoms with E-state index >= 15 is 0 Å². The molecule has 5 heteroatoms. The van der Waals surface area contributed by atoms with Crippen LogP contribution >= 0.6 is 43.2 Å². The summed E-state index contributed by atoms with van der Waals surface area (Å²) in [6, 6.07) is 8.50. The van der Waals surface area contributed by atoms with Gasteiger partial charge in [0.15, 0.2) is 0 Å². The Labute approximate surface area is 139 Å². The van der Waals surface area contributed by atoms with Gasteiger partial charge in [0.2, 0.25) is 5.91 Å². The maximum atomic E-state index is 11.7. The van der Waals surface area contributed by atoms with Crippen molar-refractivity contribution in [1.29, 1.82) is 0 Å². The molecule has 1 aromatic heterocycles. The summed E-state index contributed by atoms with van der Waals surface area (Å²) in [5.41, 5.74) is 4.78. The molecular formula is C15H13Br2NOS. The molecule has 0 saturated carbocycles. The van der Waals surface area contributed by atoms with Crippen molar-refractivity contribution in [3.63, 3.8) is 0 Å². The van der Waals surface area contributed by atoms with Crippen molar-refractivity contribution in [3.05, 3.63) is 50.1 Å². The number of rotatable bonds is 2. The minimum absolute atomic E-state index is 0.193. The van der Waals surface area contributed by atoms with Crippen molar-refractivity contribution in [3.8, 4) is 0 Å². The quantitative estimate of drug-likeness (QED) is 0.639. The van der Waals surface area contributed by atoms with E-state index in [0.717, 1.165) is 15.9 Å². The number of alkyl halides is 1. The van der Waals surface area contributed by atoms with Crippen molar-refractivity contribution in [2.24, 2.45) is 0 Å². The number of carbonyl (C=O) groups is 1. The molecule has 0 saturated heterocycles. The first-order valence-corrected chi connectivity index (χ1v) is 8.92. The summed E-state index contributed by atoms with van der Waals surface area (Å²) >= 11 is 8.96. The molecule has 2 heterocycles. The number of benzene rings is 1. The molecule has 0 radical (unpaired) electrons. The Balaban J connectivity index is 1.95. The zero-order valence-electron chi connectivity index (χ0n) is 10.9. The van der Waals surface area contributed by atoms with Gasteiger partial charge in [-0.25, -0.2) is 0 Å². The van der Waals surface area contributed by atoms with E-state index in [4.69, 9.17) is 0 Å². The lowest BCUT2D eigenvalue weighted by atomic mass is 9.97. The predicted molar refractivity (Wildman–Crippen MR) is 91.0 cm³/mol. The molecule has 0 fully saturated rings. The number of carbonyl (C=O) groups excluding carboxylic acids is 1. The Hall–Kier alpha value is -0.650. The van der Waals surface area contributed by atoms with E-state index in [0.29, 0.717) is 6.42 Å². The molecule has 0 N–H and O–H groups in total. The van der Waals surface area contributed by atoms with Crippen LogP contribution in [0.25, 0.3) is 0 Å². The fourth-order valence-corrected chi connectivity index (χ4v) is 4.41. The molecule has 2 nitrogen and oxygen atoms in total. The van der Waals surface area contributed by atoms with E-state index in [1.807, 2.05) is 7.05 Å². The summed E-state index contributed by atoms with van der Waals surface area (Å²) in [5, 5.41) is 2.15. The summed E-state index contributed by atoms with van der Waals surface area (Å²) in [4.78, 5) is 13.7. The Morgan fingerprint density at radius 1 is 1.25 bits per heavy atom. The third-order valence-corrected chi connectivity index (χ3v) is 6.20. The van der Waals surface area contributed by atoms with Gasteiger partial charge in [0.1, 0.15) is 0 Å². The highest BCUT2D eigenvalue weighted by Crippen LogP contribution is 2.37. The fourth-order valence-electron chi connectivity index (χ4n) is 2.48. The number of fused-ring (bicyclic) bond motifs is 1. The van der Waals surface area contributed by atoms with Crippen LogP contribution in [0.3, 0.4) is 0 Å². The van der Waals surface area contributed by atoms with Gasteiger partial charge in [-0.2, -0.15) is 0 Å². The number of halogens is 2. The smallest absolute Gasteiger partial charge is 0.227 e. The van der Waals surface area contributed by atoms with Crippen LogP contribution in [0, 0.1) is 0 Å². The van der Waals surface area contributed by atoms with Gasteiger partial charge in [0.05, 0.1) is 8.61 Å². The van der Waals surface area contributed by atoms with Gasteiger partial charge in [-0.1, -0.05) is 28.1 Å². The van der Waals surface area contributed by atoms with Crippen LogP contribution in [0.2, 0.25) is 0 Å². The van der Waals surface area contributed by atoms with E-state index in [9.17, 15) is 4.79 Å². The van der Waals surface area contributed by atoms with E-state index in [1.54, 1.807) is 16.2 Å². The van der Waals surface area contributed by atoms with Gasteiger partial charge in [0, 0.05) is 19.2 Å². The number of hydrogen-bond acceptors (Lipinski definition) is 2. The second kappa shape index (κ2) is 5.62. The maximum Gasteiger partial charge on any atom is 0.227 e. The number of anilines is 1. The molecule has 1 aliphatic heterocycles. The fraction of sp³-hybridized carbons (Fsp3) is 0.267. The Kier molecular flexibility index (Phi) is 4.02. The summed E-state index contributed by atoms with van der Waals surface area (Å²) in [6.45, 7) is 0. The molecule has 1 aliphatic rings. The molecule has 1 unspecified atom stereocenters. The van der Waals surface area contributed by atoms with Crippen molar-refractivity contribution < 1.29 is 4.79 Å². The molecule has 3 rings (SSSR count). The second-order valence-corrected chi connectivity index (χ2v) is 8.09. The highest BCUT2D eigenvalue weighted by atomic mass is 79.9. The van der Waals surface area contributed by atoms with E-state index in [2.05, 4.69) is 61.5 Å². The normalized spacial score (nSPS) is 16.1. The number of hydrogen-bond donors (Lipinski definition) is 0. The lowest BCUT2D eigenvalue weighted by Crippen LogP contribution is -2.31. The lowest BCUT2D eigenvalue weighted by molar-refractivity contribution is -0.118. The van der Waals surface area contributed by atoms with E-state index in [1.165, 1.54) is 16.7 Å². The third-order valence-electron chi connectivity index (χ3n) is 3.62. The Morgan fingerprint density at radius 3 is 2.75 bits per heavy atom. The molecule has 1 aromatic carbocycles. The highest BCUT2D eigenvalue weighted by molar-refractivity contribution is 9.11. The largest absolute Gasteiger partial charge is 0.315 e. The first-order chi connectivity index (χ1) is 9.56. The van der Waals surface area contributed by atoms with Crippen LogP contribution in [0.4, 0.5) is 5.69 Å². The first kappa shape index (κ1) is 14.3. The summed E-state index contributed by atoms with van der Waals surface area (Å²) in [5.74, 6) is 0.197. The maximum absolute atomic E-state index is 11.7. The predicted octanol–water partition coefficient (Wildman–Crippen LogP) is 4.90. The van der Waals surface area contributed by atoms with E-state index < -0.39 is 0 Å². The van der Waals surface area contributed by atoms with Crippen molar-refractivity contribution in [1.82, 2.24) is 0 Å². The van der Waals surface area contributed by atoms with Crippen LogP contribution in [0.5, 0.6) is 0 Å². The van der Waals surface area contributed by atoms with Crippen molar-refractivity contribution in [2.75, 3.05) is 11.9 Å². The summed E-state index contributed by atoms with van der Waals surface area (Å²) in [7, 11) is 1.85. The minimum atomic E-state index is 0.193. The van der Waals surface area contributed by atoms with Crippen LogP contribution < -0.4 is 4.90 Å². The van der Waals surface area contributed by atoms with Crippen molar-refractivity contribution in [2.45, 2.75) is 17.7 Å².